The van der Waals surface area contributed by atoms with Gasteiger partial charge in [-0.3, -0.25) is 0 Å². The van der Waals surface area contributed by atoms with Crippen LogP contribution < -0.4 is 0 Å². The van der Waals surface area contributed by atoms with Gasteiger partial charge in [-0.15, -0.1) is 0 Å². The average Bonchev–Trinajstić information content (AvgIpc) is 1.35. The summed E-state index contributed by atoms with van der Waals surface area (Å²) >= 11 is 0. The molecule has 1 N–H and O–H groups in total. The maximum Gasteiger partial charge on any atom is 0.230 e. The first-order valence-electron chi connectivity index (χ1n) is 1.85. The van der Waals surface area contributed by atoms with E-state index in [0.29, 0.717) is 7.00 Å². The van der Waals surface area contributed by atoms with Crippen LogP contribution in [0.2, 0.25) is 6.82 Å². The Morgan fingerprint density at radius 2 is 2.00 bits per heavy atom. The maximum atomic E-state index is 10.1. The van der Waals surface area contributed by atoms with E-state index in [9.17, 15) is 4.57 Å². The van der Waals surface area contributed by atoms with Crippen molar-refractivity contribution in [2.24, 2.45) is 0 Å². The van der Waals surface area contributed by atoms with Crippen LogP contribution >= 0.6 is 7.25 Å². The monoisotopic (exact) mass is 106 g/mol. The van der Waals surface area contributed by atoms with Crippen molar-refractivity contribution in [2.45, 2.75) is 6.82 Å². The zero-order valence-electron chi connectivity index (χ0n) is 4.01. The average molecular weight is 106 g/mol. The Bertz CT molecular complexity index is 75.6. The van der Waals surface area contributed by atoms with E-state index in [-0.39, 0.29) is 0 Å². The Kier molecular flexibility index (Phi) is 1.88. The molecule has 0 amide bonds. The third-order valence-corrected chi connectivity index (χ3v) is 1.76. The molecular formula is C2H8BO2P. The van der Waals surface area contributed by atoms with Gasteiger partial charge in [-0.1, -0.05) is 6.82 Å². The summed E-state index contributed by atoms with van der Waals surface area (Å²) in [5.74, 6) is 0. The lowest BCUT2D eigenvalue weighted by Gasteiger charge is -1.93. The molecular weight excluding hydrogens is 97.8 g/mol. The van der Waals surface area contributed by atoms with Crippen molar-refractivity contribution >= 4 is 14.2 Å². The van der Waals surface area contributed by atoms with Crippen LogP contribution in [0.1, 0.15) is 0 Å². The van der Waals surface area contributed by atoms with Crippen LogP contribution in [0.5, 0.6) is 0 Å². The number of hydrogen-bond acceptors (Lipinski definition) is 1. The summed E-state index contributed by atoms with van der Waals surface area (Å²) in [5.41, 5.74) is 0. The second-order valence-corrected chi connectivity index (χ2v) is 4.10. The van der Waals surface area contributed by atoms with Crippen molar-refractivity contribution < 1.29 is 9.46 Å². The summed E-state index contributed by atoms with van der Waals surface area (Å²) in [6.07, 6.45) is 0. The van der Waals surface area contributed by atoms with Gasteiger partial charge in [0.05, 0.1) is 0 Å². The molecule has 36 valence electrons. The first-order valence-corrected chi connectivity index (χ1v) is 4.15. The van der Waals surface area contributed by atoms with Crippen LogP contribution in [0.15, 0.2) is 0 Å². The standard InChI is InChI=1S/C2H8BO2P/c1-3-6(2,4)5/h3H,1-2H3,(H,4,5). The quantitative estimate of drug-likeness (QED) is 0.385. The Labute approximate surface area is 38.2 Å². The highest BCUT2D eigenvalue weighted by Crippen LogP contribution is 2.31. The highest BCUT2D eigenvalue weighted by Gasteiger charge is 2.03. The van der Waals surface area contributed by atoms with Crippen LogP contribution in [0.3, 0.4) is 0 Å². The van der Waals surface area contributed by atoms with E-state index in [2.05, 4.69) is 0 Å². The summed E-state index contributed by atoms with van der Waals surface area (Å²) in [7, 11) is -2.65. The molecule has 0 aromatic carbocycles. The predicted molar refractivity (Wildman–Crippen MR) is 28.8 cm³/mol. The zero-order valence-corrected chi connectivity index (χ0v) is 4.90. The van der Waals surface area contributed by atoms with Crippen LogP contribution in [0, 0.1) is 0 Å². The Morgan fingerprint density at radius 3 is 2.00 bits per heavy atom. The predicted octanol–water partition coefficient (Wildman–Crippen LogP) is 0.286. The molecule has 1 unspecified atom stereocenters. The number of hydrogen-bond donors (Lipinski definition) is 1. The van der Waals surface area contributed by atoms with Gasteiger partial charge in [-0.05, 0) is 0 Å². The Hall–Kier alpha value is 0.255. The molecule has 0 saturated heterocycles. The molecule has 2 nitrogen and oxygen atoms in total. The lowest BCUT2D eigenvalue weighted by molar-refractivity contribution is 0.501. The van der Waals surface area contributed by atoms with Crippen molar-refractivity contribution in [2.75, 3.05) is 6.66 Å². The van der Waals surface area contributed by atoms with Gasteiger partial charge in [0.15, 0.2) is 7.25 Å². The first kappa shape index (κ1) is 6.25. The molecule has 0 saturated carbocycles. The van der Waals surface area contributed by atoms with Gasteiger partial charge < -0.3 is 9.46 Å². The molecule has 0 aliphatic rings. The van der Waals surface area contributed by atoms with E-state index in [4.69, 9.17) is 4.89 Å². The topological polar surface area (TPSA) is 37.3 Å². The molecule has 0 bridgehead atoms. The van der Waals surface area contributed by atoms with Crippen molar-refractivity contribution in [3.05, 3.63) is 0 Å². The Balaban J connectivity index is 3.48. The van der Waals surface area contributed by atoms with Crippen LogP contribution in [0.4, 0.5) is 0 Å². The third-order valence-electron chi connectivity index (χ3n) is 0.587. The van der Waals surface area contributed by atoms with Crippen molar-refractivity contribution in [1.29, 1.82) is 0 Å². The van der Waals surface area contributed by atoms with Gasteiger partial charge in [-0.25, -0.2) is 0 Å². The maximum absolute atomic E-state index is 10.1. The van der Waals surface area contributed by atoms with Gasteiger partial charge in [0.25, 0.3) is 0 Å². The fourth-order valence-corrected chi connectivity index (χ4v) is 0. The van der Waals surface area contributed by atoms with Crippen molar-refractivity contribution in [3.8, 4) is 0 Å². The molecule has 0 fully saturated rings. The number of rotatable bonds is 1. The smallest absolute Gasteiger partial charge is 0.230 e. The summed E-state index contributed by atoms with van der Waals surface area (Å²) < 4.78 is 10.1. The van der Waals surface area contributed by atoms with Gasteiger partial charge in [0, 0.05) is 6.66 Å². The van der Waals surface area contributed by atoms with Crippen molar-refractivity contribution in [3.63, 3.8) is 0 Å². The van der Waals surface area contributed by atoms with Gasteiger partial charge >= 0.3 is 0 Å². The minimum Gasteiger partial charge on any atom is -0.352 e. The van der Waals surface area contributed by atoms with E-state index in [0.717, 1.165) is 0 Å². The molecule has 0 heterocycles. The Morgan fingerprint density at radius 1 is 1.83 bits per heavy atom. The van der Waals surface area contributed by atoms with Crippen LogP contribution in [-0.4, -0.2) is 18.6 Å². The van der Waals surface area contributed by atoms with Crippen LogP contribution in [0.25, 0.3) is 0 Å². The summed E-state index contributed by atoms with van der Waals surface area (Å²) in [5, 5.41) is 0. The lowest BCUT2D eigenvalue weighted by atomic mass is 10.2. The third kappa shape index (κ3) is 4.25. The molecule has 0 aromatic heterocycles. The lowest BCUT2D eigenvalue weighted by Crippen LogP contribution is -1.80. The highest BCUT2D eigenvalue weighted by molar-refractivity contribution is 7.85. The summed E-state index contributed by atoms with van der Waals surface area (Å²) in [6, 6.07) is 0. The van der Waals surface area contributed by atoms with E-state index < -0.39 is 7.25 Å². The van der Waals surface area contributed by atoms with Gasteiger partial charge in [-0.2, -0.15) is 0 Å². The van der Waals surface area contributed by atoms with E-state index in [1.54, 1.807) is 6.82 Å². The van der Waals surface area contributed by atoms with E-state index >= 15 is 0 Å². The fraction of sp³-hybridized carbons (Fsp3) is 1.00. The zero-order chi connectivity index (χ0) is 5.21. The van der Waals surface area contributed by atoms with Crippen LogP contribution in [-0.2, 0) is 4.57 Å². The highest BCUT2D eigenvalue weighted by atomic mass is 31.2. The molecule has 0 rings (SSSR count). The van der Waals surface area contributed by atoms with E-state index in [1.807, 2.05) is 0 Å². The first-order chi connectivity index (χ1) is 2.56. The molecule has 0 aliphatic carbocycles. The molecule has 0 aliphatic heterocycles. The van der Waals surface area contributed by atoms with E-state index in [1.165, 1.54) is 6.66 Å². The summed E-state index contributed by atoms with van der Waals surface area (Å²) in [6.45, 7) is 3.43. The fourth-order valence-electron chi connectivity index (χ4n) is 0. The second kappa shape index (κ2) is 1.81. The largest absolute Gasteiger partial charge is 0.352 e. The molecule has 0 aromatic rings. The van der Waals surface area contributed by atoms with Gasteiger partial charge in [0.2, 0.25) is 7.00 Å². The minimum atomic E-state index is -2.65. The SMILES string of the molecule is CBP(C)(=O)O. The molecule has 0 spiro atoms. The normalized spacial score (nSPS) is 19.2. The van der Waals surface area contributed by atoms with Gasteiger partial charge in [0.1, 0.15) is 0 Å². The van der Waals surface area contributed by atoms with Crippen molar-refractivity contribution in [1.82, 2.24) is 0 Å². The molecule has 4 heteroatoms. The molecule has 1 atom stereocenters. The summed E-state index contributed by atoms with van der Waals surface area (Å²) in [4.78, 5) is 8.38. The minimum absolute atomic E-state index is 0.382. The second-order valence-electron chi connectivity index (χ2n) is 1.37. The molecule has 6 heavy (non-hydrogen) atoms. The molecule has 0 radical (unpaired) electrons.